The van der Waals surface area contributed by atoms with E-state index in [9.17, 15) is 14.0 Å². The van der Waals surface area contributed by atoms with Gasteiger partial charge in [0.2, 0.25) is 0 Å². The summed E-state index contributed by atoms with van der Waals surface area (Å²) in [6.07, 6.45) is 5.59. The van der Waals surface area contributed by atoms with E-state index in [0.717, 1.165) is 48.2 Å². The lowest BCUT2D eigenvalue weighted by molar-refractivity contribution is 0.102. The average molecular weight is 486 g/mol. The van der Waals surface area contributed by atoms with Crippen molar-refractivity contribution in [3.8, 4) is 5.69 Å². The molecule has 5 rings (SSSR count). The van der Waals surface area contributed by atoms with Crippen LogP contribution in [0.25, 0.3) is 16.7 Å². The molecule has 0 unspecified atom stereocenters. The zero-order valence-electron chi connectivity index (χ0n) is 20.1. The molecule has 3 amide bonds. The molecule has 1 aromatic heterocycles. The van der Waals surface area contributed by atoms with Gasteiger partial charge in [0.1, 0.15) is 11.6 Å². The number of amides is 3. The van der Waals surface area contributed by atoms with Crippen molar-refractivity contribution in [2.45, 2.75) is 45.1 Å². The number of carbonyl (C=O) groups is 2. The van der Waals surface area contributed by atoms with Crippen LogP contribution in [0.15, 0.2) is 66.7 Å². The maximum absolute atomic E-state index is 13.4. The summed E-state index contributed by atoms with van der Waals surface area (Å²) in [6.45, 7) is 1.87. The van der Waals surface area contributed by atoms with E-state index in [2.05, 4.69) is 20.9 Å². The Kier molecular flexibility index (Phi) is 6.66. The zero-order chi connectivity index (χ0) is 25.1. The van der Waals surface area contributed by atoms with E-state index in [0.29, 0.717) is 16.9 Å². The van der Waals surface area contributed by atoms with Crippen LogP contribution in [0.5, 0.6) is 0 Å². The molecule has 36 heavy (non-hydrogen) atoms. The summed E-state index contributed by atoms with van der Waals surface area (Å²) >= 11 is 0. The smallest absolute Gasteiger partial charge is 0.319 e. The molecule has 1 fully saturated rings. The fraction of sp³-hybridized carbons (Fsp3) is 0.250. The normalized spacial score (nSPS) is 13.9. The molecular weight excluding hydrogens is 457 g/mol. The minimum Gasteiger partial charge on any atom is -0.335 e. The van der Waals surface area contributed by atoms with Crippen LogP contribution < -0.4 is 16.0 Å². The molecule has 1 heterocycles. The number of nitrogens with zero attached hydrogens (tertiary/aromatic N) is 2. The van der Waals surface area contributed by atoms with Gasteiger partial charge >= 0.3 is 6.03 Å². The lowest BCUT2D eigenvalue weighted by Crippen LogP contribution is -2.38. The van der Waals surface area contributed by atoms with Gasteiger partial charge in [-0.15, -0.1) is 0 Å². The molecule has 0 spiro atoms. The third-order valence-electron chi connectivity index (χ3n) is 6.51. The standard InChI is InChI=1S/C28H28FN5O2/c1-18-30-25-16-7-19(17-26(25)34(18)24-14-8-20(29)9-15-24)27(35)31-22-10-12-23(13-11-22)33-28(36)32-21-5-3-2-4-6-21/h7-17,21H,2-6H2,1H3,(H,31,35)(H2,32,33,36). The minimum absolute atomic E-state index is 0.208. The number of fused-ring (bicyclic) bond motifs is 1. The van der Waals surface area contributed by atoms with Crippen LogP contribution in [0.3, 0.4) is 0 Å². The number of aryl methyl sites for hydroxylation is 1. The molecule has 0 aliphatic heterocycles. The molecule has 3 N–H and O–H groups in total. The summed E-state index contributed by atoms with van der Waals surface area (Å²) in [5.41, 5.74) is 4.01. The number of aromatic nitrogens is 2. The SMILES string of the molecule is Cc1nc2ccc(C(=O)Nc3ccc(NC(=O)NC4CCCCC4)cc3)cc2n1-c1ccc(F)cc1. The number of halogens is 1. The second-order valence-electron chi connectivity index (χ2n) is 9.14. The van der Waals surface area contributed by atoms with Crippen molar-refractivity contribution < 1.29 is 14.0 Å². The fourth-order valence-corrected chi connectivity index (χ4v) is 4.69. The Morgan fingerprint density at radius 2 is 1.56 bits per heavy atom. The number of nitrogens with one attached hydrogen (secondary N) is 3. The minimum atomic E-state index is -0.313. The highest BCUT2D eigenvalue weighted by atomic mass is 19.1. The van der Waals surface area contributed by atoms with Crippen molar-refractivity contribution in [3.63, 3.8) is 0 Å². The van der Waals surface area contributed by atoms with Gasteiger partial charge in [0, 0.05) is 28.7 Å². The van der Waals surface area contributed by atoms with Gasteiger partial charge in [0.05, 0.1) is 11.0 Å². The quantitative estimate of drug-likeness (QED) is 0.315. The first-order valence-corrected chi connectivity index (χ1v) is 12.2. The Balaban J connectivity index is 1.27. The van der Waals surface area contributed by atoms with Gasteiger partial charge in [-0.1, -0.05) is 19.3 Å². The molecule has 4 aromatic rings. The van der Waals surface area contributed by atoms with Crippen LogP contribution in [0.2, 0.25) is 0 Å². The Labute approximate surface area is 208 Å². The summed E-state index contributed by atoms with van der Waals surface area (Å²) in [4.78, 5) is 29.8. The predicted octanol–water partition coefficient (Wildman–Crippen LogP) is 6.18. The lowest BCUT2D eigenvalue weighted by Gasteiger charge is -2.22. The fourth-order valence-electron chi connectivity index (χ4n) is 4.69. The highest BCUT2D eigenvalue weighted by molar-refractivity contribution is 6.06. The highest BCUT2D eigenvalue weighted by Gasteiger charge is 2.16. The lowest BCUT2D eigenvalue weighted by atomic mass is 9.96. The molecule has 0 saturated heterocycles. The van der Waals surface area contributed by atoms with Crippen LogP contribution >= 0.6 is 0 Å². The second-order valence-corrected chi connectivity index (χ2v) is 9.14. The second kappa shape index (κ2) is 10.2. The van der Waals surface area contributed by atoms with Crippen LogP contribution in [-0.4, -0.2) is 27.5 Å². The van der Waals surface area contributed by atoms with E-state index in [1.807, 2.05) is 11.5 Å². The molecule has 1 aliphatic carbocycles. The molecule has 8 heteroatoms. The van der Waals surface area contributed by atoms with Gasteiger partial charge < -0.3 is 16.0 Å². The third kappa shape index (κ3) is 5.22. The largest absolute Gasteiger partial charge is 0.335 e. The number of hydrogen-bond donors (Lipinski definition) is 3. The van der Waals surface area contributed by atoms with Gasteiger partial charge in [0.15, 0.2) is 0 Å². The predicted molar refractivity (Wildman–Crippen MR) is 139 cm³/mol. The molecule has 7 nitrogen and oxygen atoms in total. The summed E-state index contributed by atoms with van der Waals surface area (Å²) in [7, 11) is 0. The topological polar surface area (TPSA) is 88.1 Å². The number of urea groups is 1. The number of imidazole rings is 1. The Hall–Kier alpha value is -4.20. The maximum Gasteiger partial charge on any atom is 0.319 e. The Morgan fingerprint density at radius 1 is 0.889 bits per heavy atom. The molecule has 1 saturated carbocycles. The molecule has 0 atom stereocenters. The van der Waals surface area contributed by atoms with E-state index < -0.39 is 0 Å². The van der Waals surface area contributed by atoms with Crippen molar-refractivity contribution in [2.75, 3.05) is 10.6 Å². The Morgan fingerprint density at radius 3 is 2.25 bits per heavy atom. The van der Waals surface area contributed by atoms with E-state index in [4.69, 9.17) is 0 Å². The molecule has 0 radical (unpaired) electrons. The zero-order valence-corrected chi connectivity index (χ0v) is 20.1. The molecular formula is C28H28FN5O2. The summed E-state index contributed by atoms with van der Waals surface area (Å²) in [6, 6.07) is 18.5. The summed E-state index contributed by atoms with van der Waals surface area (Å²) in [5, 5.41) is 8.77. The Bertz CT molecular complexity index is 1390. The van der Waals surface area contributed by atoms with Gasteiger partial charge in [-0.25, -0.2) is 14.2 Å². The van der Waals surface area contributed by atoms with Gasteiger partial charge in [-0.2, -0.15) is 0 Å². The van der Waals surface area contributed by atoms with Crippen molar-refractivity contribution in [2.24, 2.45) is 0 Å². The molecule has 1 aliphatic rings. The monoisotopic (exact) mass is 485 g/mol. The van der Waals surface area contributed by atoms with E-state index in [1.165, 1.54) is 18.6 Å². The first kappa shape index (κ1) is 23.5. The number of rotatable bonds is 5. The van der Waals surface area contributed by atoms with E-state index in [-0.39, 0.29) is 23.8 Å². The first-order valence-electron chi connectivity index (χ1n) is 12.2. The van der Waals surface area contributed by atoms with Gasteiger partial charge in [-0.3, -0.25) is 9.36 Å². The summed E-state index contributed by atoms with van der Waals surface area (Å²) < 4.78 is 15.3. The number of carbonyl (C=O) groups excluding carboxylic acids is 2. The van der Waals surface area contributed by atoms with E-state index >= 15 is 0 Å². The third-order valence-corrected chi connectivity index (χ3v) is 6.51. The van der Waals surface area contributed by atoms with Crippen molar-refractivity contribution in [3.05, 3.63) is 83.9 Å². The molecule has 184 valence electrons. The van der Waals surface area contributed by atoms with Crippen molar-refractivity contribution in [1.29, 1.82) is 0 Å². The van der Waals surface area contributed by atoms with Crippen molar-refractivity contribution in [1.82, 2.24) is 14.9 Å². The van der Waals surface area contributed by atoms with Gasteiger partial charge in [-0.05, 0) is 86.5 Å². The van der Waals surface area contributed by atoms with Crippen molar-refractivity contribution >= 4 is 34.3 Å². The first-order chi connectivity index (χ1) is 17.5. The van der Waals surface area contributed by atoms with Crippen LogP contribution in [0.1, 0.15) is 48.3 Å². The van der Waals surface area contributed by atoms with Crippen LogP contribution in [0.4, 0.5) is 20.6 Å². The maximum atomic E-state index is 13.4. The van der Waals surface area contributed by atoms with Gasteiger partial charge in [0.25, 0.3) is 5.91 Å². The number of benzene rings is 3. The average Bonchev–Trinajstić information content (AvgIpc) is 3.21. The molecule has 3 aromatic carbocycles. The number of hydrogen-bond acceptors (Lipinski definition) is 3. The van der Waals surface area contributed by atoms with Crippen LogP contribution in [-0.2, 0) is 0 Å². The molecule has 0 bridgehead atoms. The van der Waals surface area contributed by atoms with Crippen LogP contribution in [0, 0.1) is 12.7 Å². The highest BCUT2D eigenvalue weighted by Crippen LogP contribution is 2.24. The van der Waals surface area contributed by atoms with E-state index in [1.54, 1.807) is 54.6 Å². The number of anilines is 2. The summed E-state index contributed by atoms with van der Waals surface area (Å²) in [5.74, 6) is 0.161.